The Bertz CT molecular complexity index is 396. The van der Waals surface area contributed by atoms with Gasteiger partial charge in [-0.1, -0.05) is 6.92 Å². The second-order valence-electron chi connectivity index (χ2n) is 5.66. The Labute approximate surface area is 110 Å². The van der Waals surface area contributed by atoms with Crippen LogP contribution in [0.5, 0.6) is 0 Å². The highest BCUT2D eigenvalue weighted by Gasteiger charge is 2.36. The summed E-state index contributed by atoms with van der Waals surface area (Å²) in [7, 11) is 0. The summed E-state index contributed by atoms with van der Waals surface area (Å²) in [5.74, 6) is 0. The van der Waals surface area contributed by atoms with E-state index in [-0.39, 0.29) is 6.04 Å². The summed E-state index contributed by atoms with van der Waals surface area (Å²) in [5.41, 5.74) is 8.77. The molecule has 2 N–H and O–H groups in total. The molecule has 0 spiro atoms. The van der Waals surface area contributed by atoms with Crippen LogP contribution >= 0.6 is 0 Å². The summed E-state index contributed by atoms with van der Waals surface area (Å²) in [6.07, 6.45) is 4.40. The normalized spacial score (nSPS) is 25.2. The fourth-order valence-electron chi connectivity index (χ4n) is 3.00. The van der Waals surface area contributed by atoms with Crippen molar-refractivity contribution in [3.63, 3.8) is 0 Å². The second-order valence-corrected chi connectivity index (χ2v) is 5.66. The number of aryl methyl sites for hydroxylation is 2. The van der Waals surface area contributed by atoms with Crippen LogP contribution in [0.15, 0.2) is 6.20 Å². The zero-order valence-electron chi connectivity index (χ0n) is 12.1. The van der Waals surface area contributed by atoms with Crippen LogP contribution < -0.4 is 5.73 Å². The van der Waals surface area contributed by atoms with E-state index < -0.39 is 0 Å². The largest absolute Gasteiger partial charge is 0.326 e. The van der Waals surface area contributed by atoms with Gasteiger partial charge < -0.3 is 5.73 Å². The van der Waals surface area contributed by atoms with Gasteiger partial charge in [0.05, 0.1) is 11.7 Å². The lowest BCUT2D eigenvalue weighted by Crippen LogP contribution is -2.36. The van der Waals surface area contributed by atoms with Gasteiger partial charge in [-0.15, -0.1) is 0 Å². The second kappa shape index (κ2) is 5.41. The Balaban J connectivity index is 2.28. The van der Waals surface area contributed by atoms with Crippen molar-refractivity contribution in [2.45, 2.75) is 65.2 Å². The van der Waals surface area contributed by atoms with Crippen molar-refractivity contribution in [1.82, 2.24) is 14.7 Å². The van der Waals surface area contributed by atoms with E-state index in [1.165, 1.54) is 5.56 Å². The summed E-state index contributed by atoms with van der Waals surface area (Å²) in [4.78, 5) is 2.50. The van der Waals surface area contributed by atoms with Crippen LogP contribution in [0.1, 0.15) is 50.9 Å². The first-order valence-corrected chi connectivity index (χ1v) is 7.09. The Hall–Kier alpha value is -0.870. The summed E-state index contributed by atoms with van der Waals surface area (Å²) < 4.78 is 2.06. The summed E-state index contributed by atoms with van der Waals surface area (Å²) >= 11 is 0. The van der Waals surface area contributed by atoms with Crippen molar-refractivity contribution in [3.05, 3.63) is 17.5 Å². The topological polar surface area (TPSA) is 47.1 Å². The fourth-order valence-corrected chi connectivity index (χ4v) is 3.00. The molecule has 0 bridgehead atoms. The van der Waals surface area contributed by atoms with Gasteiger partial charge in [-0.05, 0) is 33.6 Å². The zero-order valence-corrected chi connectivity index (χ0v) is 12.1. The summed E-state index contributed by atoms with van der Waals surface area (Å²) in [5, 5.41) is 4.61. The number of hydrogen-bond acceptors (Lipinski definition) is 3. The molecule has 4 nitrogen and oxygen atoms in total. The van der Waals surface area contributed by atoms with Crippen molar-refractivity contribution >= 4 is 0 Å². The molecule has 1 aromatic heterocycles. The first-order chi connectivity index (χ1) is 8.54. The summed E-state index contributed by atoms with van der Waals surface area (Å²) in [6.45, 7) is 10.9. The van der Waals surface area contributed by atoms with Gasteiger partial charge in [0.15, 0.2) is 0 Å². The molecule has 1 aliphatic rings. The number of nitrogens with zero attached hydrogens (tertiary/aromatic N) is 3. The molecule has 0 aromatic carbocycles. The third-order valence-electron chi connectivity index (χ3n) is 3.90. The van der Waals surface area contributed by atoms with E-state index in [0.717, 1.165) is 31.6 Å². The van der Waals surface area contributed by atoms with E-state index >= 15 is 0 Å². The van der Waals surface area contributed by atoms with E-state index in [1.54, 1.807) is 0 Å². The predicted molar refractivity (Wildman–Crippen MR) is 74.4 cm³/mol. The molecular formula is C14H26N4. The van der Waals surface area contributed by atoms with E-state index in [1.807, 2.05) is 0 Å². The standard InChI is InChI=1S/C14H26N4/c1-5-7-17-9-12(11(4)16-17)14-13(15)6-8-18(14)10(2)3/h9-10,13-14H,5-8,15H2,1-4H3/t13-,14+/m1/s1. The smallest absolute Gasteiger partial charge is 0.0642 e. The van der Waals surface area contributed by atoms with Crippen LogP contribution in [-0.2, 0) is 6.54 Å². The highest BCUT2D eigenvalue weighted by Crippen LogP contribution is 2.34. The van der Waals surface area contributed by atoms with E-state index in [4.69, 9.17) is 5.73 Å². The third kappa shape index (κ3) is 2.45. The first kappa shape index (κ1) is 13.6. The number of nitrogens with two attached hydrogens (primary N) is 1. The van der Waals surface area contributed by atoms with Crippen LogP contribution in [0.25, 0.3) is 0 Å². The Morgan fingerprint density at radius 1 is 1.50 bits per heavy atom. The molecule has 0 aliphatic carbocycles. The minimum atomic E-state index is 0.241. The van der Waals surface area contributed by atoms with Gasteiger partial charge in [0.25, 0.3) is 0 Å². The molecule has 4 heteroatoms. The van der Waals surface area contributed by atoms with Crippen molar-refractivity contribution < 1.29 is 0 Å². The van der Waals surface area contributed by atoms with Gasteiger partial charge in [0.1, 0.15) is 0 Å². The lowest BCUT2D eigenvalue weighted by molar-refractivity contribution is 0.197. The molecule has 1 aromatic rings. The maximum atomic E-state index is 6.31. The highest BCUT2D eigenvalue weighted by molar-refractivity contribution is 5.24. The molecule has 1 fully saturated rings. The van der Waals surface area contributed by atoms with Crippen LogP contribution in [0.4, 0.5) is 0 Å². The number of rotatable bonds is 4. The Morgan fingerprint density at radius 2 is 2.22 bits per heavy atom. The number of likely N-dealkylation sites (tertiary alicyclic amines) is 1. The van der Waals surface area contributed by atoms with Crippen molar-refractivity contribution in [2.24, 2.45) is 5.73 Å². The molecule has 0 amide bonds. The van der Waals surface area contributed by atoms with Crippen molar-refractivity contribution in [3.8, 4) is 0 Å². The SMILES string of the molecule is CCCn1cc([C@H]2[C@H](N)CCN2C(C)C)c(C)n1. The molecule has 2 atom stereocenters. The molecule has 102 valence electrons. The first-order valence-electron chi connectivity index (χ1n) is 7.09. The highest BCUT2D eigenvalue weighted by atomic mass is 15.3. The zero-order chi connectivity index (χ0) is 13.3. The number of aromatic nitrogens is 2. The monoisotopic (exact) mass is 250 g/mol. The number of hydrogen-bond donors (Lipinski definition) is 1. The predicted octanol–water partition coefficient (Wildman–Crippen LogP) is 2.08. The quantitative estimate of drug-likeness (QED) is 0.890. The molecule has 0 radical (unpaired) electrons. The van der Waals surface area contributed by atoms with Gasteiger partial charge in [0, 0.05) is 36.9 Å². The Kier molecular flexibility index (Phi) is 4.07. The van der Waals surface area contributed by atoms with Gasteiger partial charge >= 0.3 is 0 Å². The van der Waals surface area contributed by atoms with Crippen LogP contribution in [0.2, 0.25) is 0 Å². The molecule has 18 heavy (non-hydrogen) atoms. The maximum Gasteiger partial charge on any atom is 0.0642 e. The minimum absolute atomic E-state index is 0.241. The Morgan fingerprint density at radius 3 is 2.83 bits per heavy atom. The van der Waals surface area contributed by atoms with Gasteiger partial charge in [-0.3, -0.25) is 9.58 Å². The van der Waals surface area contributed by atoms with E-state index in [2.05, 4.69) is 48.6 Å². The summed E-state index contributed by atoms with van der Waals surface area (Å²) in [6, 6.07) is 1.12. The molecule has 0 saturated carbocycles. The van der Waals surface area contributed by atoms with Gasteiger partial charge in [-0.25, -0.2) is 0 Å². The van der Waals surface area contributed by atoms with Crippen LogP contribution in [0.3, 0.4) is 0 Å². The lowest BCUT2D eigenvalue weighted by Gasteiger charge is -2.29. The maximum absolute atomic E-state index is 6.31. The third-order valence-corrected chi connectivity index (χ3v) is 3.90. The van der Waals surface area contributed by atoms with Crippen molar-refractivity contribution in [2.75, 3.05) is 6.54 Å². The molecular weight excluding hydrogens is 224 g/mol. The van der Waals surface area contributed by atoms with Gasteiger partial charge in [0.2, 0.25) is 0 Å². The molecule has 2 rings (SSSR count). The van der Waals surface area contributed by atoms with E-state index in [9.17, 15) is 0 Å². The fraction of sp³-hybridized carbons (Fsp3) is 0.786. The lowest BCUT2D eigenvalue weighted by atomic mass is 10.0. The molecule has 1 aliphatic heterocycles. The average Bonchev–Trinajstić information content (AvgIpc) is 2.82. The molecule has 1 saturated heterocycles. The average molecular weight is 250 g/mol. The van der Waals surface area contributed by atoms with Gasteiger partial charge in [-0.2, -0.15) is 5.10 Å². The van der Waals surface area contributed by atoms with Crippen molar-refractivity contribution in [1.29, 1.82) is 0 Å². The molecule has 0 unspecified atom stereocenters. The van der Waals surface area contributed by atoms with E-state index in [0.29, 0.717) is 12.1 Å². The van der Waals surface area contributed by atoms with Crippen LogP contribution in [0, 0.1) is 6.92 Å². The molecule has 2 heterocycles. The minimum Gasteiger partial charge on any atom is -0.326 e. The van der Waals surface area contributed by atoms with Crippen LogP contribution in [-0.4, -0.2) is 33.3 Å².